The van der Waals surface area contributed by atoms with Crippen molar-refractivity contribution in [2.24, 2.45) is 0 Å². The minimum Gasteiger partial charge on any atom is -0.478 e. The van der Waals surface area contributed by atoms with Crippen molar-refractivity contribution in [3.8, 4) is 0 Å². The molecule has 0 unspecified atom stereocenters. The van der Waals surface area contributed by atoms with Crippen molar-refractivity contribution in [1.82, 2.24) is 4.98 Å². The number of aromatic nitrogens is 1. The lowest BCUT2D eigenvalue weighted by atomic mass is 10.1. The van der Waals surface area contributed by atoms with Gasteiger partial charge in [-0.3, -0.25) is 4.98 Å². The number of carbonyl (C=O) groups is 1. The Kier molecular flexibility index (Phi) is 3.41. The molecule has 7 heteroatoms. The molecule has 0 aliphatic heterocycles. The number of hydrogen-bond acceptors (Lipinski definition) is 3. The van der Waals surface area contributed by atoms with Crippen molar-refractivity contribution >= 4 is 23.3 Å². The van der Waals surface area contributed by atoms with Gasteiger partial charge in [0.15, 0.2) is 0 Å². The van der Waals surface area contributed by atoms with Gasteiger partial charge in [0.2, 0.25) is 0 Å². The lowest BCUT2D eigenvalue weighted by Gasteiger charge is -2.09. The number of halogens is 3. The van der Waals surface area contributed by atoms with Crippen LogP contribution in [0.15, 0.2) is 6.20 Å². The number of pyridine rings is 1. The van der Waals surface area contributed by atoms with Crippen LogP contribution in [0.1, 0.15) is 28.0 Å². The van der Waals surface area contributed by atoms with Crippen LogP contribution < -0.4 is 5.73 Å². The van der Waals surface area contributed by atoms with E-state index >= 15 is 0 Å². The minimum absolute atomic E-state index is 0.0222. The fourth-order valence-electron chi connectivity index (χ4n) is 1.10. The van der Waals surface area contributed by atoms with E-state index < -0.39 is 29.2 Å². The van der Waals surface area contributed by atoms with E-state index in [1.165, 1.54) is 0 Å². The normalized spacial score (nSPS) is 10.7. The first-order chi connectivity index (χ1) is 6.99. The average Bonchev–Trinajstić information content (AvgIpc) is 2.15. The Hall–Kier alpha value is -1.43. The number of nitrogen functional groups attached to an aromatic ring is 1. The lowest BCUT2D eigenvalue weighted by molar-refractivity contribution is 0.0696. The quantitative estimate of drug-likeness (QED) is 0.788. The molecule has 0 amide bonds. The molecule has 1 rings (SSSR count). The fraction of sp³-hybridized carbons (Fsp3) is 0.250. The second-order valence-electron chi connectivity index (χ2n) is 2.69. The average molecular weight is 237 g/mol. The molecule has 0 fully saturated rings. The zero-order valence-corrected chi connectivity index (χ0v) is 8.13. The molecule has 1 heterocycles. The molecule has 0 bridgehead atoms. The molecular weight excluding hydrogens is 230 g/mol. The first-order valence-electron chi connectivity index (χ1n) is 3.83. The fourth-order valence-corrected chi connectivity index (χ4v) is 1.30. The van der Waals surface area contributed by atoms with Crippen LogP contribution in [-0.2, 0) is 5.88 Å². The van der Waals surface area contributed by atoms with E-state index in [-0.39, 0.29) is 11.6 Å². The number of hydrogen-bond donors (Lipinski definition) is 2. The highest BCUT2D eigenvalue weighted by Crippen LogP contribution is 2.28. The Balaban J connectivity index is 3.42. The molecule has 0 saturated carbocycles. The number of rotatable bonds is 3. The molecule has 0 radical (unpaired) electrons. The van der Waals surface area contributed by atoms with Crippen molar-refractivity contribution in [2.45, 2.75) is 12.3 Å². The summed E-state index contributed by atoms with van der Waals surface area (Å²) in [7, 11) is 0. The van der Waals surface area contributed by atoms with Gasteiger partial charge in [-0.1, -0.05) is 0 Å². The maximum Gasteiger partial charge on any atom is 0.339 e. The van der Waals surface area contributed by atoms with Gasteiger partial charge in [0.05, 0.1) is 22.8 Å². The molecule has 0 saturated heterocycles. The Morgan fingerprint density at radius 2 is 2.27 bits per heavy atom. The maximum atomic E-state index is 12.4. The summed E-state index contributed by atoms with van der Waals surface area (Å²) in [6.07, 6.45) is -2.02. The van der Waals surface area contributed by atoms with E-state index in [1.807, 2.05) is 0 Å². The second-order valence-corrected chi connectivity index (χ2v) is 2.96. The van der Waals surface area contributed by atoms with Crippen LogP contribution in [0, 0.1) is 0 Å². The van der Waals surface area contributed by atoms with Gasteiger partial charge < -0.3 is 10.8 Å². The summed E-state index contributed by atoms with van der Waals surface area (Å²) in [5, 5.41) is 8.76. The van der Waals surface area contributed by atoms with E-state index in [9.17, 15) is 13.6 Å². The van der Waals surface area contributed by atoms with Crippen molar-refractivity contribution in [2.75, 3.05) is 5.73 Å². The van der Waals surface area contributed by atoms with E-state index in [2.05, 4.69) is 4.98 Å². The highest BCUT2D eigenvalue weighted by atomic mass is 35.5. The van der Waals surface area contributed by atoms with Crippen LogP contribution in [0.25, 0.3) is 0 Å². The molecule has 1 aromatic rings. The van der Waals surface area contributed by atoms with Crippen LogP contribution in [-0.4, -0.2) is 16.1 Å². The third-order valence-electron chi connectivity index (χ3n) is 1.80. The van der Waals surface area contributed by atoms with Crippen molar-refractivity contribution in [3.63, 3.8) is 0 Å². The van der Waals surface area contributed by atoms with Crippen LogP contribution in [0.2, 0.25) is 0 Å². The van der Waals surface area contributed by atoms with Gasteiger partial charge in [0.1, 0.15) is 5.56 Å². The zero-order valence-electron chi connectivity index (χ0n) is 7.38. The largest absolute Gasteiger partial charge is 0.478 e. The molecule has 15 heavy (non-hydrogen) atoms. The summed E-state index contributed by atoms with van der Waals surface area (Å²) in [5.74, 6) is -1.62. The Morgan fingerprint density at radius 3 is 2.67 bits per heavy atom. The van der Waals surface area contributed by atoms with Crippen molar-refractivity contribution in [1.29, 1.82) is 0 Å². The third kappa shape index (κ3) is 2.15. The van der Waals surface area contributed by atoms with Gasteiger partial charge in [-0.15, -0.1) is 11.6 Å². The number of nitrogens with zero attached hydrogens (tertiary/aromatic N) is 1. The maximum absolute atomic E-state index is 12.4. The molecule has 0 spiro atoms. The number of anilines is 1. The molecule has 0 aliphatic rings. The summed E-state index contributed by atoms with van der Waals surface area (Å²) in [4.78, 5) is 14.3. The summed E-state index contributed by atoms with van der Waals surface area (Å²) in [6.45, 7) is 0. The van der Waals surface area contributed by atoms with Crippen LogP contribution in [0.5, 0.6) is 0 Å². The first-order valence-corrected chi connectivity index (χ1v) is 4.37. The van der Waals surface area contributed by atoms with Gasteiger partial charge in [-0.2, -0.15) is 0 Å². The highest BCUT2D eigenvalue weighted by molar-refractivity contribution is 6.17. The van der Waals surface area contributed by atoms with Crippen LogP contribution >= 0.6 is 11.6 Å². The first kappa shape index (κ1) is 11.6. The van der Waals surface area contributed by atoms with E-state index in [0.29, 0.717) is 0 Å². The summed E-state index contributed by atoms with van der Waals surface area (Å²) < 4.78 is 24.7. The van der Waals surface area contributed by atoms with Gasteiger partial charge in [0, 0.05) is 6.20 Å². The van der Waals surface area contributed by atoms with E-state index in [4.69, 9.17) is 22.4 Å². The molecule has 1 aromatic heterocycles. The number of alkyl halides is 3. The number of carboxylic acids is 1. The SMILES string of the molecule is Nc1c(C(F)F)cnc(CCl)c1C(=O)O. The Labute approximate surface area is 88.7 Å². The lowest BCUT2D eigenvalue weighted by Crippen LogP contribution is -2.11. The molecular formula is C8H7ClF2N2O2. The second kappa shape index (κ2) is 4.39. The number of aromatic carboxylic acids is 1. The monoisotopic (exact) mass is 236 g/mol. The number of nitrogens with two attached hydrogens (primary N) is 1. The topological polar surface area (TPSA) is 76.2 Å². The summed E-state index contributed by atoms with van der Waals surface area (Å²) in [5.41, 5.74) is 3.74. The summed E-state index contributed by atoms with van der Waals surface area (Å²) in [6, 6.07) is 0. The smallest absolute Gasteiger partial charge is 0.339 e. The molecule has 0 aromatic carbocycles. The van der Waals surface area contributed by atoms with E-state index in [1.54, 1.807) is 0 Å². The molecule has 3 N–H and O–H groups in total. The van der Waals surface area contributed by atoms with Gasteiger partial charge >= 0.3 is 5.97 Å². The van der Waals surface area contributed by atoms with Crippen LogP contribution in [0.4, 0.5) is 14.5 Å². The Bertz CT molecular complexity index is 398. The Morgan fingerprint density at radius 1 is 1.67 bits per heavy atom. The van der Waals surface area contributed by atoms with Crippen molar-refractivity contribution in [3.05, 3.63) is 23.0 Å². The van der Waals surface area contributed by atoms with Crippen molar-refractivity contribution < 1.29 is 18.7 Å². The minimum atomic E-state index is -2.86. The third-order valence-corrected chi connectivity index (χ3v) is 2.06. The van der Waals surface area contributed by atoms with Gasteiger partial charge in [0.25, 0.3) is 6.43 Å². The highest BCUT2D eigenvalue weighted by Gasteiger charge is 2.21. The molecule has 0 aliphatic carbocycles. The molecule has 4 nitrogen and oxygen atoms in total. The summed E-state index contributed by atoms with van der Waals surface area (Å²) >= 11 is 5.41. The standard InChI is InChI=1S/C8H7ClF2N2O2/c9-1-4-5(8(14)15)6(12)3(2-13-4)7(10)11/h2,7H,1H2,(H2,12,13)(H,14,15). The predicted molar refractivity (Wildman–Crippen MR) is 50.1 cm³/mol. The molecule has 82 valence electrons. The number of carboxylic acid groups (broad SMARTS) is 1. The van der Waals surface area contributed by atoms with Gasteiger partial charge in [-0.05, 0) is 0 Å². The predicted octanol–water partition coefficient (Wildman–Crippen LogP) is 2.04. The van der Waals surface area contributed by atoms with Gasteiger partial charge in [-0.25, -0.2) is 13.6 Å². The zero-order chi connectivity index (χ0) is 11.6. The molecule has 0 atom stereocenters. The van der Waals surface area contributed by atoms with E-state index in [0.717, 1.165) is 6.20 Å². The van der Waals surface area contributed by atoms with Crippen LogP contribution in [0.3, 0.4) is 0 Å².